The third-order valence-electron chi connectivity index (χ3n) is 6.79. The van der Waals surface area contributed by atoms with E-state index in [4.69, 9.17) is 4.74 Å². The lowest BCUT2D eigenvalue weighted by Gasteiger charge is -2.36. The molecule has 0 amide bonds. The summed E-state index contributed by atoms with van der Waals surface area (Å²) < 4.78 is 98.6. The SMILES string of the molecule is CC(O[C@@H]1NCC2C(c3ccc(F)cc3)CCCC21)c1cc(C(F)(F)F)cc(C(F)(F)F)c1. The Morgan fingerprint density at radius 3 is 2.06 bits per heavy atom. The summed E-state index contributed by atoms with van der Waals surface area (Å²) in [5.41, 5.74) is -1.86. The van der Waals surface area contributed by atoms with Gasteiger partial charge in [0.15, 0.2) is 0 Å². The van der Waals surface area contributed by atoms with Crippen LogP contribution in [0.25, 0.3) is 0 Å². The van der Waals surface area contributed by atoms with E-state index in [9.17, 15) is 30.7 Å². The minimum atomic E-state index is -4.90. The van der Waals surface area contributed by atoms with Crippen LogP contribution in [0.3, 0.4) is 0 Å². The van der Waals surface area contributed by atoms with Gasteiger partial charge in [-0.25, -0.2) is 4.39 Å². The van der Waals surface area contributed by atoms with Crippen molar-refractivity contribution in [3.63, 3.8) is 0 Å². The fourth-order valence-electron chi connectivity index (χ4n) is 5.16. The van der Waals surface area contributed by atoms with Crippen LogP contribution < -0.4 is 5.32 Å². The lowest BCUT2D eigenvalue weighted by molar-refractivity contribution is -0.143. The van der Waals surface area contributed by atoms with Crippen LogP contribution in [0.5, 0.6) is 0 Å². The monoisotopic (exact) mass is 475 g/mol. The number of hydrogen-bond donors (Lipinski definition) is 1. The highest BCUT2D eigenvalue weighted by Gasteiger charge is 2.44. The van der Waals surface area contributed by atoms with Crippen molar-refractivity contribution in [3.8, 4) is 0 Å². The zero-order chi connectivity index (χ0) is 24.0. The third kappa shape index (κ3) is 5.19. The molecule has 1 saturated heterocycles. The largest absolute Gasteiger partial charge is 0.416 e. The van der Waals surface area contributed by atoms with Crippen LogP contribution in [0.2, 0.25) is 0 Å². The Morgan fingerprint density at radius 2 is 1.48 bits per heavy atom. The highest BCUT2D eigenvalue weighted by atomic mass is 19.4. The van der Waals surface area contributed by atoms with Gasteiger partial charge in [0.1, 0.15) is 12.0 Å². The molecule has 4 unspecified atom stereocenters. The highest BCUT2D eigenvalue weighted by Crippen LogP contribution is 2.46. The van der Waals surface area contributed by atoms with E-state index in [1.54, 1.807) is 12.1 Å². The standard InChI is InChI=1S/C24H24F7NO/c1-13(15-9-16(23(26,27)28)11-17(10-15)24(29,30)31)33-22-20-4-2-3-19(21(20)12-32-22)14-5-7-18(25)8-6-14/h5-11,13,19-22,32H,2-4,12H2,1H3/t13?,19?,20?,21?,22-/m0/s1. The Kier molecular flexibility index (Phi) is 6.48. The van der Waals surface area contributed by atoms with Crippen molar-refractivity contribution < 1.29 is 35.5 Å². The Hall–Kier alpha value is -2.13. The van der Waals surface area contributed by atoms with Gasteiger partial charge in [-0.1, -0.05) is 18.6 Å². The van der Waals surface area contributed by atoms with Crippen molar-refractivity contribution in [1.29, 1.82) is 0 Å². The number of rotatable bonds is 4. The molecule has 33 heavy (non-hydrogen) atoms. The van der Waals surface area contributed by atoms with Crippen LogP contribution >= 0.6 is 0 Å². The summed E-state index contributed by atoms with van der Waals surface area (Å²) in [5, 5.41) is 3.26. The molecule has 5 atom stereocenters. The zero-order valence-electron chi connectivity index (χ0n) is 17.8. The van der Waals surface area contributed by atoms with Gasteiger partial charge in [0.2, 0.25) is 0 Å². The maximum atomic E-state index is 13.3. The molecule has 2 aliphatic rings. The summed E-state index contributed by atoms with van der Waals surface area (Å²) >= 11 is 0. The lowest BCUT2D eigenvalue weighted by atomic mass is 9.70. The van der Waals surface area contributed by atoms with Crippen molar-refractivity contribution >= 4 is 0 Å². The van der Waals surface area contributed by atoms with Crippen LogP contribution in [-0.4, -0.2) is 12.8 Å². The van der Waals surface area contributed by atoms with Gasteiger partial charge in [0, 0.05) is 12.5 Å². The molecule has 0 spiro atoms. The summed E-state index contributed by atoms with van der Waals surface area (Å²) in [4.78, 5) is 0. The predicted molar refractivity (Wildman–Crippen MR) is 108 cm³/mol. The first-order valence-electron chi connectivity index (χ1n) is 10.9. The first-order chi connectivity index (χ1) is 15.4. The van der Waals surface area contributed by atoms with Crippen molar-refractivity contribution in [3.05, 3.63) is 70.5 Å². The molecule has 2 aromatic rings. The van der Waals surface area contributed by atoms with E-state index in [0.29, 0.717) is 18.7 Å². The Balaban J connectivity index is 1.53. The van der Waals surface area contributed by atoms with E-state index in [0.717, 1.165) is 24.8 Å². The van der Waals surface area contributed by atoms with Crippen LogP contribution in [0.4, 0.5) is 30.7 Å². The van der Waals surface area contributed by atoms with Crippen LogP contribution in [0, 0.1) is 17.7 Å². The molecule has 9 heteroatoms. The first-order valence-corrected chi connectivity index (χ1v) is 10.9. The van der Waals surface area contributed by atoms with E-state index in [1.807, 2.05) is 0 Å². The molecule has 0 aromatic heterocycles. The van der Waals surface area contributed by atoms with Crippen LogP contribution in [0.15, 0.2) is 42.5 Å². The molecule has 2 aromatic carbocycles. The van der Waals surface area contributed by atoms with Crippen LogP contribution in [0.1, 0.15) is 60.5 Å². The fraction of sp³-hybridized carbons (Fsp3) is 0.500. The average molecular weight is 475 g/mol. The molecule has 1 aliphatic carbocycles. The van der Waals surface area contributed by atoms with Crippen molar-refractivity contribution in [1.82, 2.24) is 5.32 Å². The maximum absolute atomic E-state index is 13.3. The van der Waals surface area contributed by atoms with E-state index in [-0.39, 0.29) is 35.2 Å². The molecule has 180 valence electrons. The second-order valence-electron chi connectivity index (χ2n) is 8.86. The molecule has 4 rings (SSSR count). The molecular weight excluding hydrogens is 451 g/mol. The molecule has 1 saturated carbocycles. The summed E-state index contributed by atoms with van der Waals surface area (Å²) in [6, 6.07) is 7.92. The van der Waals surface area contributed by atoms with E-state index >= 15 is 0 Å². The highest BCUT2D eigenvalue weighted by molar-refractivity contribution is 5.34. The van der Waals surface area contributed by atoms with Crippen molar-refractivity contribution in [2.24, 2.45) is 11.8 Å². The predicted octanol–water partition coefficient (Wildman–Crippen LogP) is 7.07. The normalized spacial score (nSPS) is 26.8. The van der Waals surface area contributed by atoms with Gasteiger partial charge in [-0.3, -0.25) is 5.32 Å². The van der Waals surface area contributed by atoms with Gasteiger partial charge in [-0.05, 0) is 73.1 Å². The van der Waals surface area contributed by atoms with Crippen molar-refractivity contribution in [2.45, 2.75) is 56.8 Å². The number of hydrogen-bond acceptors (Lipinski definition) is 2. The van der Waals surface area contributed by atoms with E-state index in [1.165, 1.54) is 19.1 Å². The summed E-state index contributed by atoms with van der Waals surface area (Å²) in [6.45, 7) is 2.07. The number of ether oxygens (including phenoxy) is 1. The number of fused-ring (bicyclic) bond motifs is 1. The Bertz CT molecular complexity index is 938. The maximum Gasteiger partial charge on any atom is 0.416 e. The average Bonchev–Trinajstić information content (AvgIpc) is 3.16. The first kappa shape index (κ1) is 24.0. The molecule has 0 bridgehead atoms. The second-order valence-corrected chi connectivity index (χ2v) is 8.86. The number of halogens is 7. The molecule has 2 nitrogen and oxygen atoms in total. The fourth-order valence-corrected chi connectivity index (χ4v) is 5.16. The van der Waals surface area contributed by atoms with E-state index in [2.05, 4.69) is 5.32 Å². The topological polar surface area (TPSA) is 21.3 Å². The molecule has 1 N–H and O–H groups in total. The summed E-state index contributed by atoms with van der Waals surface area (Å²) in [6.07, 6.45) is -8.60. The van der Waals surface area contributed by atoms with Gasteiger partial charge >= 0.3 is 12.4 Å². The number of nitrogens with one attached hydrogen (secondary N) is 1. The smallest absolute Gasteiger partial charge is 0.355 e. The van der Waals surface area contributed by atoms with Crippen molar-refractivity contribution in [2.75, 3.05) is 6.54 Å². The molecule has 1 heterocycles. The summed E-state index contributed by atoms with van der Waals surface area (Å²) in [5.74, 6) is 0.119. The van der Waals surface area contributed by atoms with Crippen LogP contribution in [-0.2, 0) is 17.1 Å². The minimum Gasteiger partial charge on any atom is -0.355 e. The molecule has 0 radical (unpaired) electrons. The second kappa shape index (κ2) is 8.91. The quantitative estimate of drug-likeness (QED) is 0.478. The van der Waals surface area contributed by atoms with Gasteiger partial charge in [-0.15, -0.1) is 0 Å². The van der Waals surface area contributed by atoms with Gasteiger partial charge in [0.25, 0.3) is 0 Å². The van der Waals surface area contributed by atoms with Gasteiger partial charge < -0.3 is 4.74 Å². The molecule has 2 fully saturated rings. The Morgan fingerprint density at radius 1 is 0.879 bits per heavy atom. The van der Waals surface area contributed by atoms with E-state index < -0.39 is 35.8 Å². The minimum absolute atomic E-state index is 0.0594. The molecular formula is C24H24F7NO. The zero-order valence-corrected chi connectivity index (χ0v) is 17.8. The lowest BCUT2D eigenvalue weighted by Crippen LogP contribution is -2.33. The van der Waals surface area contributed by atoms with Gasteiger partial charge in [-0.2, -0.15) is 26.3 Å². The van der Waals surface area contributed by atoms with Gasteiger partial charge in [0.05, 0.1) is 17.2 Å². The number of benzene rings is 2. The number of alkyl halides is 6. The summed E-state index contributed by atoms with van der Waals surface area (Å²) in [7, 11) is 0. The Labute approximate surface area is 187 Å². The molecule has 1 aliphatic heterocycles. The third-order valence-corrected chi connectivity index (χ3v) is 6.79.